The van der Waals surface area contributed by atoms with E-state index >= 15 is 0 Å². The van der Waals surface area contributed by atoms with Crippen molar-refractivity contribution in [1.82, 2.24) is 5.32 Å². The molecule has 7 atom stereocenters. The molecule has 0 aromatic heterocycles. The van der Waals surface area contributed by atoms with Crippen LogP contribution in [0.2, 0.25) is 0 Å². The van der Waals surface area contributed by atoms with Gasteiger partial charge in [-0.05, 0) is 44.9 Å². The van der Waals surface area contributed by atoms with Crippen molar-refractivity contribution in [2.24, 2.45) is 0 Å². The first kappa shape index (κ1) is 52.4. The van der Waals surface area contributed by atoms with Crippen molar-refractivity contribution in [3.63, 3.8) is 0 Å². The van der Waals surface area contributed by atoms with Crippen LogP contribution in [0.3, 0.4) is 0 Å². The van der Waals surface area contributed by atoms with Crippen LogP contribution in [-0.4, -0.2) is 87.5 Å². The molecule has 1 aliphatic rings. The highest BCUT2D eigenvalue weighted by Gasteiger charge is 2.44. The zero-order chi connectivity index (χ0) is 40.9. The number of carbonyl (C=O) groups excluding carboxylic acids is 1. The van der Waals surface area contributed by atoms with E-state index in [0.717, 1.165) is 51.4 Å². The number of rotatable bonds is 38. The third-order valence-corrected chi connectivity index (χ3v) is 10.9. The van der Waals surface area contributed by atoms with Gasteiger partial charge in [0.15, 0.2) is 6.29 Å². The molecule has 0 aromatic rings. The van der Waals surface area contributed by atoms with Crippen LogP contribution in [0.1, 0.15) is 200 Å². The van der Waals surface area contributed by atoms with Crippen LogP contribution in [0.25, 0.3) is 0 Å². The van der Waals surface area contributed by atoms with Gasteiger partial charge in [-0.1, -0.05) is 185 Å². The topological polar surface area (TPSA) is 149 Å². The molecule has 0 spiro atoms. The van der Waals surface area contributed by atoms with Crippen LogP contribution >= 0.6 is 0 Å². The van der Waals surface area contributed by atoms with Crippen LogP contribution in [0.15, 0.2) is 36.5 Å². The van der Waals surface area contributed by atoms with Gasteiger partial charge in [0.2, 0.25) is 5.91 Å². The van der Waals surface area contributed by atoms with Gasteiger partial charge in [0.1, 0.15) is 24.4 Å². The maximum Gasteiger partial charge on any atom is 0.220 e. The number of unbranched alkanes of at least 4 members (excludes halogenated alkanes) is 24. The van der Waals surface area contributed by atoms with Crippen molar-refractivity contribution in [3.8, 4) is 0 Å². The SMILES string of the molecule is CCCCCCCC/C=C/CC/C=C/CC/C=C/C(O)C(COC1OC(CO)C(O)C(O)C1O)NC(=O)CCCCCCCCCCCCCCCCCCC. The molecule has 0 aliphatic carbocycles. The molecular formula is C47H87NO8. The molecule has 1 fully saturated rings. The molecule has 1 aliphatic heterocycles. The summed E-state index contributed by atoms with van der Waals surface area (Å²) in [5.41, 5.74) is 0. The monoisotopic (exact) mass is 794 g/mol. The first-order valence-corrected chi connectivity index (χ1v) is 23.2. The van der Waals surface area contributed by atoms with E-state index in [-0.39, 0.29) is 12.5 Å². The van der Waals surface area contributed by atoms with E-state index in [9.17, 15) is 30.3 Å². The predicted octanol–water partition coefficient (Wildman–Crippen LogP) is 9.67. The summed E-state index contributed by atoms with van der Waals surface area (Å²) < 4.78 is 11.2. The molecule has 0 saturated carbocycles. The predicted molar refractivity (Wildman–Crippen MR) is 230 cm³/mol. The van der Waals surface area contributed by atoms with E-state index in [1.54, 1.807) is 6.08 Å². The molecule has 9 nitrogen and oxygen atoms in total. The van der Waals surface area contributed by atoms with Crippen molar-refractivity contribution in [3.05, 3.63) is 36.5 Å². The average molecular weight is 794 g/mol. The summed E-state index contributed by atoms with van der Waals surface area (Å²) in [5, 5.41) is 54.1. The molecular weight excluding hydrogens is 707 g/mol. The summed E-state index contributed by atoms with van der Waals surface area (Å²) in [7, 11) is 0. The van der Waals surface area contributed by atoms with Gasteiger partial charge in [0, 0.05) is 6.42 Å². The first-order chi connectivity index (χ1) is 27.3. The Hall–Kier alpha value is -1.59. The van der Waals surface area contributed by atoms with Crippen molar-refractivity contribution in [2.75, 3.05) is 13.2 Å². The summed E-state index contributed by atoms with van der Waals surface area (Å²) in [6.07, 6.45) is 39.0. The number of allylic oxidation sites excluding steroid dienone is 5. The molecule has 9 heteroatoms. The Labute approximate surface area is 342 Å². The summed E-state index contributed by atoms with van der Waals surface area (Å²) in [6, 6.07) is -0.824. The van der Waals surface area contributed by atoms with Crippen molar-refractivity contribution in [2.45, 2.75) is 243 Å². The Morgan fingerprint density at radius 3 is 1.50 bits per heavy atom. The normalized spacial score (nSPS) is 21.4. The smallest absolute Gasteiger partial charge is 0.220 e. The lowest BCUT2D eigenvalue weighted by Gasteiger charge is -2.40. The lowest BCUT2D eigenvalue weighted by molar-refractivity contribution is -0.302. The number of amides is 1. The van der Waals surface area contributed by atoms with Crippen LogP contribution < -0.4 is 5.32 Å². The van der Waals surface area contributed by atoms with Gasteiger partial charge in [0.25, 0.3) is 0 Å². The lowest BCUT2D eigenvalue weighted by Crippen LogP contribution is -2.60. The summed E-state index contributed by atoms with van der Waals surface area (Å²) in [4.78, 5) is 12.9. The molecule has 0 bridgehead atoms. The van der Waals surface area contributed by atoms with Gasteiger partial charge in [0.05, 0.1) is 25.4 Å². The Balaban J connectivity index is 2.39. The molecule has 0 aromatic carbocycles. The molecule has 1 saturated heterocycles. The highest BCUT2D eigenvalue weighted by atomic mass is 16.7. The molecule has 1 amide bonds. The van der Waals surface area contributed by atoms with Gasteiger partial charge < -0.3 is 40.3 Å². The maximum absolute atomic E-state index is 12.9. The van der Waals surface area contributed by atoms with E-state index in [2.05, 4.69) is 43.5 Å². The number of ether oxygens (including phenoxy) is 2. The number of hydrogen-bond acceptors (Lipinski definition) is 8. The fraction of sp³-hybridized carbons (Fsp3) is 0.851. The molecule has 0 radical (unpaired) electrons. The number of carbonyl (C=O) groups is 1. The third kappa shape index (κ3) is 27.9. The van der Waals surface area contributed by atoms with Crippen LogP contribution in [0, 0.1) is 0 Å². The molecule has 1 heterocycles. The second-order valence-corrected chi connectivity index (χ2v) is 16.2. The molecule has 7 unspecified atom stereocenters. The average Bonchev–Trinajstić information content (AvgIpc) is 3.20. The van der Waals surface area contributed by atoms with Gasteiger partial charge in [-0.15, -0.1) is 0 Å². The van der Waals surface area contributed by atoms with Crippen LogP contribution in [0.5, 0.6) is 0 Å². The molecule has 328 valence electrons. The summed E-state index contributed by atoms with van der Waals surface area (Å²) in [6.45, 7) is 3.74. The van der Waals surface area contributed by atoms with Gasteiger partial charge in [-0.25, -0.2) is 0 Å². The van der Waals surface area contributed by atoms with Gasteiger partial charge in [-0.3, -0.25) is 4.79 Å². The quantitative estimate of drug-likeness (QED) is 0.0268. The minimum atomic E-state index is -1.57. The highest BCUT2D eigenvalue weighted by Crippen LogP contribution is 2.22. The number of nitrogens with one attached hydrogen (secondary N) is 1. The van der Waals surface area contributed by atoms with Crippen LogP contribution in [-0.2, 0) is 14.3 Å². The maximum atomic E-state index is 12.9. The third-order valence-electron chi connectivity index (χ3n) is 10.9. The van der Waals surface area contributed by atoms with E-state index in [1.165, 1.54) is 128 Å². The van der Waals surface area contributed by atoms with Crippen molar-refractivity contribution >= 4 is 5.91 Å². The number of aliphatic hydroxyl groups excluding tert-OH is 5. The molecule has 6 N–H and O–H groups in total. The number of hydrogen-bond donors (Lipinski definition) is 6. The Bertz CT molecular complexity index is 972. The largest absolute Gasteiger partial charge is 0.394 e. The first-order valence-electron chi connectivity index (χ1n) is 23.2. The second kappa shape index (κ2) is 37.7. The highest BCUT2D eigenvalue weighted by molar-refractivity contribution is 5.76. The van der Waals surface area contributed by atoms with Crippen LogP contribution in [0.4, 0.5) is 0 Å². The van der Waals surface area contributed by atoms with Crippen molar-refractivity contribution < 1.29 is 39.8 Å². The van der Waals surface area contributed by atoms with Gasteiger partial charge in [-0.2, -0.15) is 0 Å². The fourth-order valence-corrected chi connectivity index (χ4v) is 7.19. The van der Waals surface area contributed by atoms with Gasteiger partial charge >= 0.3 is 0 Å². The minimum absolute atomic E-state index is 0.190. The zero-order valence-electron chi connectivity index (χ0n) is 35.9. The number of aliphatic hydroxyl groups is 5. The van der Waals surface area contributed by atoms with E-state index in [1.807, 2.05) is 6.08 Å². The van der Waals surface area contributed by atoms with Crippen molar-refractivity contribution in [1.29, 1.82) is 0 Å². The Kier molecular flexibility index (Phi) is 35.3. The fourth-order valence-electron chi connectivity index (χ4n) is 7.19. The Morgan fingerprint density at radius 1 is 0.589 bits per heavy atom. The molecule has 56 heavy (non-hydrogen) atoms. The summed E-state index contributed by atoms with van der Waals surface area (Å²) >= 11 is 0. The Morgan fingerprint density at radius 2 is 1.02 bits per heavy atom. The minimum Gasteiger partial charge on any atom is -0.394 e. The standard InChI is InChI=1S/C47H87NO8/c1-3-5-7-9-11-13-15-17-19-21-23-25-27-29-31-33-35-37-43(51)48-40(39-55-47-46(54)45(53)44(52)42(38-49)56-47)41(50)36-34-32-30-28-26-24-22-20-18-16-14-12-10-8-6-4-2/h18,20,26,28,34,36,40-42,44-47,49-50,52-54H,3-17,19,21-25,27,29-33,35,37-39H2,1-2H3,(H,48,51)/b20-18+,28-26+,36-34+. The van der Waals surface area contributed by atoms with E-state index in [4.69, 9.17) is 9.47 Å². The van der Waals surface area contributed by atoms with E-state index in [0.29, 0.717) is 6.42 Å². The second-order valence-electron chi connectivity index (χ2n) is 16.2. The molecule has 1 rings (SSSR count). The van der Waals surface area contributed by atoms with E-state index < -0.39 is 49.5 Å². The zero-order valence-corrected chi connectivity index (χ0v) is 35.9. The lowest BCUT2D eigenvalue weighted by atomic mass is 9.99. The summed E-state index contributed by atoms with van der Waals surface area (Å²) in [5.74, 6) is -0.190.